The summed E-state index contributed by atoms with van der Waals surface area (Å²) < 4.78 is 5.41. The van der Waals surface area contributed by atoms with Crippen LogP contribution in [0.3, 0.4) is 0 Å². The van der Waals surface area contributed by atoms with Crippen molar-refractivity contribution in [2.24, 2.45) is 0 Å². The molecule has 1 aromatic heterocycles. The van der Waals surface area contributed by atoms with Gasteiger partial charge in [-0.3, -0.25) is 0 Å². The average Bonchev–Trinajstić information content (AvgIpc) is 2.93. The van der Waals surface area contributed by atoms with Crippen LogP contribution in [0.4, 0.5) is 4.79 Å². The summed E-state index contributed by atoms with van der Waals surface area (Å²) in [7, 11) is 0. The lowest BCUT2D eigenvalue weighted by Crippen LogP contribution is -2.38. The number of rotatable bonds is 3. The van der Waals surface area contributed by atoms with Gasteiger partial charge in [0.05, 0.1) is 0 Å². The fourth-order valence-corrected chi connectivity index (χ4v) is 3.41. The molecule has 21 heavy (non-hydrogen) atoms. The number of nitrogens with one attached hydrogen (secondary N) is 1. The lowest BCUT2D eigenvalue weighted by atomic mass is 10.2. The number of amides is 1. The van der Waals surface area contributed by atoms with Gasteiger partial charge in [0.1, 0.15) is 5.60 Å². The van der Waals surface area contributed by atoms with Crippen LogP contribution in [0.15, 0.2) is 6.07 Å². The monoisotopic (exact) mass is 310 g/mol. The van der Waals surface area contributed by atoms with E-state index in [0.29, 0.717) is 6.04 Å². The van der Waals surface area contributed by atoms with E-state index >= 15 is 0 Å². The molecule has 2 heterocycles. The van der Waals surface area contributed by atoms with Crippen molar-refractivity contribution in [2.45, 2.75) is 59.2 Å². The molecule has 0 bridgehead atoms. The van der Waals surface area contributed by atoms with Crippen molar-refractivity contribution in [3.8, 4) is 0 Å². The lowest BCUT2D eigenvalue weighted by Gasteiger charge is -2.24. The molecule has 1 fully saturated rings. The molecule has 0 spiro atoms. The number of carbonyl (C=O) groups excluding carboxylic acids is 1. The number of hydrogen-bond acceptors (Lipinski definition) is 4. The first-order valence-corrected chi connectivity index (χ1v) is 8.33. The van der Waals surface area contributed by atoms with Crippen LogP contribution in [-0.4, -0.2) is 35.7 Å². The first kappa shape index (κ1) is 16.3. The Balaban J connectivity index is 1.79. The van der Waals surface area contributed by atoms with E-state index in [4.69, 9.17) is 4.74 Å². The normalized spacial score (nSPS) is 19.1. The van der Waals surface area contributed by atoms with Crippen molar-refractivity contribution in [3.63, 3.8) is 0 Å². The highest BCUT2D eigenvalue weighted by Crippen LogP contribution is 2.21. The second kappa shape index (κ2) is 6.36. The predicted octanol–water partition coefficient (Wildman–Crippen LogP) is 3.46. The molecule has 1 saturated heterocycles. The summed E-state index contributed by atoms with van der Waals surface area (Å²) >= 11 is 1.84. The van der Waals surface area contributed by atoms with Crippen LogP contribution in [0.5, 0.6) is 0 Å². The van der Waals surface area contributed by atoms with Crippen molar-refractivity contribution in [1.29, 1.82) is 0 Å². The third-order valence-corrected chi connectivity index (χ3v) is 4.77. The van der Waals surface area contributed by atoms with Crippen LogP contribution in [0.25, 0.3) is 0 Å². The van der Waals surface area contributed by atoms with Gasteiger partial charge in [-0.25, -0.2) is 4.79 Å². The minimum atomic E-state index is -0.422. The zero-order chi connectivity index (χ0) is 15.6. The fraction of sp³-hybridized carbons (Fsp3) is 0.688. The number of aryl methyl sites for hydroxylation is 2. The van der Waals surface area contributed by atoms with E-state index in [1.807, 2.05) is 32.1 Å². The minimum Gasteiger partial charge on any atom is -0.444 e. The number of likely N-dealkylation sites (tertiary alicyclic amines) is 1. The van der Waals surface area contributed by atoms with Gasteiger partial charge in [0.25, 0.3) is 0 Å². The maximum Gasteiger partial charge on any atom is 0.410 e. The van der Waals surface area contributed by atoms with E-state index in [1.165, 1.54) is 15.3 Å². The topological polar surface area (TPSA) is 41.6 Å². The molecule has 0 radical (unpaired) electrons. The molecule has 1 unspecified atom stereocenters. The Morgan fingerprint density at radius 3 is 2.76 bits per heavy atom. The zero-order valence-corrected chi connectivity index (χ0v) is 14.5. The van der Waals surface area contributed by atoms with E-state index in [1.54, 1.807) is 4.90 Å². The van der Waals surface area contributed by atoms with Gasteiger partial charge in [0.15, 0.2) is 0 Å². The molecule has 0 aromatic carbocycles. The maximum absolute atomic E-state index is 12.0. The highest BCUT2D eigenvalue weighted by molar-refractivity contribution is 7.12. The van der Waals surface area contributed by atoms with Gasteiger partial charge in [-0.2, -0.15) is 0 Å². The van der Waals surface area contributed by atoms with E-state index in [0.717, 1.165) is 26.1 Å². The van der Waals surface area contributed by atoms with Gasteiger partial charge < -0.3 is 15.0 Å². The van der Waals surface area contributed by atoms with Crippen LogP contribution >= 0.6 is 11.3 Å². The Kier molecular flexibility index (Phi) is 4.94. The van der Waals surface area contributed by atoms with Gasteiger partial charge in [-0.1, -0.05) is 0 Å². The third kappa shape index (κ3) is 4.71. The molecule has 0 saturated carbocycles. The van der Waals surface area contributed by atoms with Crippen LogP contribution in [-0.2, 0) is 11.3 Å². The third-order valence-electron chi connectivity index (χ3n) is 3.62. The summed E-state index contributed by atoms with van der Waals surface area (Å²) in [6, 6.07) is 2.60. The molecule has 1 aliphatic heterocycles. The molecule has 1 aromatic rings. The van der Waals surface area contributed by atoms with Gasteiger partial charge in [0, 0.05) is 35.4 Å². The van der Waals surface area contributed by atoms with E-state index in [9.17, 15) is 4.79 Å². The summed E-state index contributed by atoms with van der Waals surface area (Å²) in [5.74, 6) is 0. The van der Waals surface area contributed by atoms with Gasteiger partial charge >= 0.3 is 6.09 Å². The van der Waals surface area contributed by atoms with Crippen molar-refractivity contribution >= 4 is 17.4 Å². The van der Waals surface area contributed by atoms with Crippen LogP contribution in [0, 0.1) is 13.8 Å². The molecule has 1 atom stereocenters. The number of nitrogens with zero attached hydrogens (tertiary/aromatic N) is 1. The molecule has 1 amide bonds. The number of hydrogen-bond donors (Lipinski definition) is 1. The quantitative estimate of drug-likeness (QED) is 0.929. The largest absolute Gasteiger partial charge is 0.444 e. The Morgan fingerprint density at radius 2 is 2.19 bits per heavy atom. The SMILES string of the molecule is Cc1cc(CNC2CCN(C(=O)OC(C)(C)C)C2)sc1C. The van der Waals surface area contributed by atoms with Gasteiger partial charge in [-0.05, 0) is 52.7 Å². The summed E-state index contributed by atoms with van der Waals surface area (Å²) in [6.07, 6.45) is 0.789. The Bertz CT molecular complexity index is 485. The molecule has 1 aliphatic rings. The first-order chi connectivity index (χ1) is 9.74. The average molecular weight is 310 g/mol. The highest BCUT2D eigenvalue weighted by atomic mass is 32.1. The zero-order valence-electron chi connectivity index (χ0n) is 13.7. The second-order valence-corrected chi connectivity index (χ2v) is 8.09. The van der Waals surface area contributed by atoms with E-state index in [-0.39, 0.29) is 6.09 Å². The molecule has 4 nitrogen and oxygen atoms in total. The maximum atomic E-state index is 12.0. The highest BCUT2D eigenvalue weighted by Gasteiger charge is 2.29. The van der Waals surface area contributed by atoms with Crippen molar-refractivity contribution in [3.05, 3.63) is 21.4 Å². The van der Waals surface area contributed by atoms with E-state index < -0.39 is 5.60 Å². The Labute approximate surface area is 131 Å². The predicted molar refractivity (Wildman–Crippen MR) is 86.8 cm³/mol. The standard InChI is InChI=1S/C16H26N2O2S/c1-11-8-14(21-12(11)2)9-17-13-6-7-18(10-13)15(19)20-16(3,4)5/h8,13,17H,6-7,9-10H2,1-5H3. The second-order valence-electron chi connectivity index (χ2n) is 6.74. The number of ether oxygens (including phenoxy) is 1. The molecule has 118 valence electrons. The first-order valence-electron chi connectivity index (χ1n) is 7.52. The summed E-state index contributed by atoms with van der Waals surface area (Å²) in [4.78, 5) is 16.6. The summed E-state index contributed by atoms with van der Waals surface area (Å²) in [5, 5.41) is 3.55. The molecular weight excluding hydrogens is 284 g/mol. The molecule has 5 heteroatoms. The van der Waals surface area contributed by atoms with Crippen LogP contribution in [0.2, 0.25) is 0 Å². The lowest BCUT2D eigenvalue weighted by molar-refractivity contribution is 0.0291. The van der Waals surface area contributed by atoms with Gasteiger partial charge in [0.2, 0.25) is 0 Å². The Morgan fingerprint density at radius 1 is 1.48 bits per heavy atom. The van der Waals surface area contributed by atoms with Gasteiger partial charge in [-0.15, -0.1) is 11.3 Å². The smallest absolute Gasteiger partial charge is 0.410 e. The molecule has 0 aliphatic carbocycles. The minimum absolute atomic E-state index is 0.199. The van der Waals surface area contributed by atoms with E-state index in [2.05, 4.69) is 25.2 Å². The fourth-order valence-electron chi connectivity index (χ4n) is 2.40. The van der Waals surface area contributed by atoms with Crippen molar-refractivity contribution in [1.82, 2.24) is 10.2 Å². The number of carbonyl (C=O) groups is 1. The van der Waals surface area contributed by atoms with Crippen molar-refractivity contribution in [2.75, 3.05) is 13.1 Å². The van der Waals surface area contributed by atoms with Crippen LogP contribution in [0.1, 0.15) is 42.5 Å². The number of thiophene rings is 1. The summed E-state index contributed by atoms with van der Waals surface area (Å²) in [5.41, 5.74) is 0.938. The molecular formula is C16H26N2O2S. The molecule has 2 rings (SSSR count). The molecule has 1 N–H and O–H groups in total. The summed E-state index contributed by atoms with van der Waals surface area (Å²) in [6.45, 7) is 12.4. The van der Waals surface area contributed by atoms with Crippen LogP contribution < -0.4 is 5.32 Å². The Hall–Kier alpha value is -1.07. The van der Waals surface area contributed by atoms with Crippen molar-refractivity contribution < 1.29 is 9.53 Å².